The second kappa shape index (κ2) is 14.1. The molecule has 3 rings (SSSR count). The second-order valence-electron chi connectivity index (χ2n) is 9.65. The predicted molar refractivity (Wildman–Crippen MR) is 157 cm³/mol. The van der Waals surface area contributed by atoms with Gasteiger partial charge in [-0.2, -0.15) is 13.2 Å². The quantitative estimate of drug-likeness (QED) is 0.260. The van der Waals surface area contributed by atoms with Crippen molar-refractivity contribution in [2.75, 3.05) is 17.4 Å². The molecule has 42 heavy (non-hydrogen) atoms. The van der Waals surface area contributed by atoms with E-state index in [0.29, 0.717) is 23.3 Å². The van der Waals surface area contributed by atoms with E-state index in [1.807, 2.05) is 26.0 Å². The number of nitrogens with one attached hydrogen (secondary N) is 1. The average Bonchev–Trinajstić information content (AvgIpc) is 2.95. The van der Waals surface area contributed by atoms with E-state index in [9.17, 15) is 31.2 Å². The molecule has 7 nitrogen and oxygen atoms in total. The molecule has 0 aliphatic heterocycles. The highest BCUT2D eigenvalue weighted by Gasteiger charge is 2.37. The predicted octanol–water partition coefficient (Wildman–Crippen LogP) is 6.20. The van der Waals surface area contributed by atoms with Gasteiger partial charge < -0.3 is 10.2 Å². The first-order chi connectivity index (χ1) is 19.8. The van der Waals surface area contributed by atoms with Crippen LogP contribution in [0, 0.1) is 6.92 Å². The van der Waals surface area contributed by atoms with E-state index in [2.05, 4.69) is 5.32 Å². The van der Waals surface area contributed by atoms with E-state index in [4.69, 9.17) is 11.6 Å². The number of rotatable bonds is 12. The van der Waals surface area contributed by atoms with E-state index in [-0.39, 0.29) is 22.9 Å². The van der Waals surface area contributed by atoms with E-state index in [0.717, 1.165) is 23.3 Å². The van der Waals surface area contributed by atoms with Gasteiger partial charge in [0, 0.05) is 13.1 Å². The van der Waals surface area contributed by atoms with Gasteiger partial charge >= 0.3 is 6.18 Å². The molecular formula is C30H33ClF3N3O4S. The number of benzene rings is 3. The SMILES string of the molecule is CCCNC(=O)[C@@H](CC)N(Cc1ccccc1C)C(=O)CN(c1cc(C(F)(F)F)ccc1Cl)S(=O)(=O)c1ccccc1. The molecule has 0 saturated heterocycles. The minimum absolute atomic E-state index is 0.0287. The number of nitrogens with zero attached hydrogens (tertiary/aromatic N) is 2. The molecule has 0 bridgehead atoms. The summed E-state index contributed by atoms with van der Waals surface area (Å²) >= 11 is 6.28. The van der Waals surface area contributed by atoms with Crippen LogP contribution in [0.4, 0.5) is 18.9 Å². The van der Waals surface area contributed by atoms with Crippen LogP contribution in [0.15, 0.2) is 77.7 Å². The molecule has 0 unspecified atom stereocenters. The van der Waals surface area contributed by atoms with Crippen LogP contribution in [-0.4, -0.2) is 44.3 Å². The Kier molecular flexibility index (Phi) is 11.0. The van der Waals surface area contributed by atoms with Gasteiger partial charge in [-0.15, -0.1) is 0 Å². The summed E-state index contributed by atoms with van der Waals surface area (Å²) in [6.45, 7) is 4.88. The Hall–Kier alpha value is -3.57. The molecule has 226 valence electrons. The fourth-order valence-corrected chi connectivity index (χ4v) is 6.09. The normalized spacial score (nSPS) is 12.5. The number of sulfonamides is 1. The molecule has 0 spiro atoms. The van der Waals surface area contributed by atoms with Gasteiger partial charge in [0.2, 0.25) is 11.8 Å². The molecule has 0 aliphatic carbocycles. The van der Waals surface area contributed by atoms with Crippen LogP contribution in [0.3, 0.4) is 0 Å². The van der Waals surface area contributed by atoms with Crippen molar-refractivity contribution in [1.29, 1.82) is 0 Å². The number of anilines is 1. The van der Waals surface area contributed by atoms with Crippen LogP contribution < -0.4 is 9.62 Å². The summed E-state index contributed by atoms with van der Waals surface area (Å²) in [5.41, 5.74) is -0.0799. The summed E-state index contributed by atoms with van der Waals surface area (Å²) in [4.78, 5) is 28.2. The molecule has 0 aromatic heterocycles. The van der Waals surface area contributed by atoms with Gasteiger partial charge in [0.25, 0.3) is 10.0 Å². The molecule has 3 aromatic carbocycles. The number of carbonyl (C=O) groups is 2. The number of aryl methyl sites for hydroxylation is 1. The number of amides is 2. The first-order valence-corrected chi connectivity index (χ1v) is 15.2. The standard InChI is InChI=1S/C30H33ClF3N3O4S/c1-4-17-35-29(39)26(5-2)36(19-22-12-10-9-11-21(22)3)28(38)20-37(42(40,41)24-13-7-6-8-14-24)27-18-23(30(32,33)34)15-16-25(27)31/h6-16,18,26H,4-5,17,19-20H2,1-3H3,(H,35,39)/t26-/m1/s1. The van der Waals surface area contributed by atoms with Crippen LogP contribution in [0.2, 0.25) is 5.02 Å². The van der Waals surface area contributed by atoms with Gasteiger partial charge in [-0.1, -0.05) is 67.9 Å². The first-order valence-electron chi connectivity index (χ1n) is 13.4. The second-order valence-corrected chi connectivity index (χ2v) is 11.9. The molecule has 1 N–H and O–H groups in total. The minimum Gasteiger partial charge on any atom is -0.354 e. The van der Waals surface area contributed by atoms with Crippen molar-refractivity contribution in [3.63, 3.8) is 0 Å². The number of halogens is 4. The summed E-state index contributed by atoms with van der Waals surface area (Å²) in [5, 5.41) is 2.48. The van der Waals surface area contributed by atoms with Crippen LogP contribution in [0.1, 0.15) is 43.4 Å². The molecule has 0 fully saturated rings. The average molecular weight is 624 g/mol. The van der Waals surface area contributed by atoms with Crippen molar-refractivity contribution in [2.45, 2.75) is 57.3 Å². The molecule has 2 amide bonds. The first kappa shape index (κ1) is 32.9. The molecule has 0 saturated carbocycles. The molecule has 0 radical (unpaired) electrons. The fourth-order valence-electron chi connectivity index (χ4n) is 4.37. The lowest BCUT2D eigenvalue weighted by Crippen LogP contribution is -2.52. The Morgan fingerprint density at radius 3 is 2.21 bits per heavy atom. The molecule has 0 heterocycles. The number of alkyl halides is 3. The van der Waals surface area contributed by atoms with Gasteiger partial charge in [-0.3, -0.25) is 13.9 Å². The zero-order chi connectivity index (χ0) is 31.1. The van der Waals surface area contributed by atoms with Gasteiger partial charge in [0.15, 0.2) is 0 Å². The molecule has 3 aromatic rings. The Morgan fingerprint density at radius 2 is 1.62 bits per heavy atom. The largest absolute Gasteiger partial charge is 0.416 e. The lowest BCUT2D eigenvalue weighted by molar-refractivity contribution is -0.140. The maximum absolute atomic E-state index is 14.1. The van der Waals surface area contributed by atoms with Crippen LogP contribution in [-0.2, 0) is 32.3 Å². The van der Waals surface area contributed by atoms with E-state index in [1.165, 1.54) is 29.2 Å². The smallest absolute Gasteiger partial charge is 0.354 e. The Balaban J connectivity index is 2.16. The van der Waals surface area contributed by atoms with Crippen molar-refractivity contribution < 1.29 is 31.2 Å². The number of hydrogen-bond donors (Lipinski definition) is 1. The minimum atomic E-state index is -4.80. The molecule has 0 aliphatic rings. The zero-order valence-electron chi connectivity index (χ0n) is 23.5. The van der Waals surface area contributed by atoms with Crippen molar-refractivity contribution in [3.8, 4) is 0 Å². The monoisotopic (exact) mass is 623 g/mol. The summed E-state index contributed by atoms with van der Waals surface area (Å²) in [7, 11) is -4.58. The highest BCUT2D eigenvalue weighted by atomic mass is 35.5. The third-order valence-electron chi connectivity index (χ3n) is 6.69. The maximum atomic E-state index is 14.1. The summed E-state index contributed by atoms with van der Waals surface area (Å²) in [5.74, 6) is -1.21. The number of hydrogen-bond acceptors (Lipinski definition) is 4. The Morgan fingerprint density at radius 1 is 0.976 bits per heavy atom. The Bertz CT molecular complexity index is 1500. The van der Waals surface area contributed by atoms with E-state index < -0.39 is 51.9 Å². The van der Waals surface area contributed by atoms with Crippen molar-refractivity contribution >= 4 is 39.1 Å². The molecular weight excluding hydrogens is 591 g/mol. The summed E-state index contributed by atoms with van der Waals surface area (Å²) in [6, 6.07) is 15.6. The van der Waals surface area contributed by atoms with Gasteiger partial charge in [-0.05, 0) is 61.2 Å². The van der Waals surface area contributed by atoms with Crippen molar-refractivity contribution in [1.82, 2.24) is 10.2 Å². The molecule has 1 atom stereocenters. The summed E-state index contributed by atoms with van der Waals surface area (Å²) in [6.07, 6.45) is -3.93. The summed E-state index contributed by atoms with van der Waals surface area (Å²) < 4.78 is 69.3. The van der Waals surface area contributed by atoms with Crippen LogP contribution in [0.5, 0.6) is 0 Å². The fraction of sp³-hybridized carbons (Fsp3) is 0.333. The van der Waals surface area contributed by atoms with Crippen molar-refractivity contribution in [3.05, 3.63) is 94.5 Å². The topological polar surface area (TPSA) is 86.8 Å². The molecule has 12 heteroatoms. The van der Waals surface area contributed by atoms with E-state index in [1.54, 1.807) is 25.1 Å². The highest BCUT2D eigenvalue weighted by Crippen LogP contribution is 2.37. The van der Waals surface area contributed by atoms with Crippen LogP contribution in [0.25, 0.3) is 0 Å². The van der Waals surface area contributed by atoms with Crippen molar-refractivity contribution in [2.24, 2.45) is 0 Å². The van der Waals surface area contributed by atoms with Crippen LogP contribution >= 0.6 is 11.6 Å². The zero-order valence-corrected chi connectivity index (χ0v) is 25.1. The lowest BCUT2D eigenvalue weighted by atomic mass is 10.1. The maximum Gasteiger partial charge on any atom is 0.416 e. The number of carbonyl (C=O) groups excluding carboxylic acids is 2. The third kappa shape index (κ3) is 7.83. The third-order valence-corrected chi connectivity index (χ3v) is 8.78. The van der Waals surface area contributed by atoms with E-state index >= 15 is 0 Å². The highest BCUT2D eigenvalue weighted by molar-refractivity contribution is 7.92. The van der Waals surface area contributed by atoms with Gasteiger partial charge in [0.1, 0.15) is 12.6 Å². The lowest BCUT2D eigenvalue weighted by Gasteiger charge is -2.33. The Labute approximate surface area is 249 Å². The van der Waals surface area contributed by atoms with Gasteiger partial charge in [0.05, 0.1) is 21.2 Å². The van der Waals surface area contributed by atoms with Gasteiger partial charge in [-0.25, -0.2) is 8.42 Å².